The van der Waals surface area contributed by atoms with Crippen LogP contribution in [0.15, 0.2) is 12.1 Å². The number of rotatable bonds is 3. The fourth-order valence-electron chi connectivity index (χ4n) is 5.33. The minimum absolute atomic E-state index is 0.182. The molecule has 2 aliphatic rings. The number of ether oxygens (including phenoxy) is 2. The maximum absolute atomic E-state index is 6.32. The van der Waals surface area contributed by atoms with Crippen molar-refractivity contribution in [2.24, 2.45) is 11.3 Å². The van der Waals surface area contributed by atoms with Crippen LogP contribution in [-0.2, 0) is 16.6 Å². The van der Waals surface area contributed by atoms with Gasteiger partial charge in [-0.25, -0.2) is 0 Å². The molecule has 122 valence electrons. The normalized spacial score (nSPS) is 33.9. The molecule has 1 aromatic carbocycles. The predicted octanol–water partition coefficient (Wildman–Crippen LogP) is 3.93. The van der Waals surface area contributed by atoms with Gasteiger partial charge in [-0.15, -0.1) is 0 Å². The molecule has 3 rings (SSSR count). The van der Waals surface area contributed by atoms with E-state index >= 15 is 0 Å². The van der Waals surface area contributed by atoms with E-state index in [2.05, 4.69) is 19.9 Å². The van der Waals surface area contributed by atoms with E-state index in [0.29, 0.717) is 5.92 Å². The zero-order chi connectivity index (χ0) is 16.0. The summed E-state index contributed by atoms with van der Waals surface area (Å²) in [6.07, 6.45) is 6.03. The summed E-state index contributed by atoms with van der Waals surface area (Å²) in [4.78, 5) is 0. The fourth-order valence-corrected chi connectivity index (χ4v) is 5.33. The van der Waals surface area contributed by atoms with Crippen molar-refractivity contribution >= 4 is 5.69 Å². The van der Waals surface area contributed by atoms with Crippen molar-refractivity contribution in [3.05, 3.63) is 23.3 Å². The molecule has 2 N–H and O–H groups in total. The van der Waals surface area contributed by atoms with E-state index in [4.69, 9.17) is 15.2 Å². The molecule has 1 unspecified atom stereocenters. The average molecular weight is 303 g/mol. The Labute approximate surface area is 134 Å². The first-order valence-electron chi connectivity index (χ1n) is 8.40. The van der Waals surface area contributed by atoms with E-state index in [1.54, 1.807) is 7.11 Å². The molecule has 0 spiro atoms. The second-order valence-electron chi connectivity index (χ2n) is 7.69. The van der Waals surface area contributed by atoms with Gasteiger partial charge in [0, 0.05) is 18.9 Å². The molecule has 0 heterocycles. The van der Waals surface area contributed by atoms with Crippen LogP contribution in [0.3, 0.4) is 0 Å². The Kier molecular flexibility index (Phi) is 3.88. The smallest absolute Gasteiger partial charge is 0.121 e. The van der Waals surface area contributed by atoms with Crippen molar-refractivity contribution in [2.75, 3.05) is 26.6 Å². The highest BCUT2D eigenvalue weighted by molar-refractivity contribution is 5.59. The summed E-state index contributed by atoms with van der Waals surface area (Å²) in [7, 11) is 3.55. The molecule has 1 saturated carbocycles. The Bertz CT molecular complexity index is 567. The topological polar surface area (TPSA) is 44.5 Å². The molecule has 0 bridgehead atoms. The second kappa shape index (κ2) is 5.45. The van der Waals surface area contributed by atoms with Crippen LogP contribution in [0, 0.1) is 11.3 Å². The zero-order valence-electron chi connectivity index (χ0n) is 14.4. The zero-order valence-corrected chi connectivity index (χ0v) is 14.4. The molecular weight excluding hydrogens is 274 g/mol. The van der Waals surface area contributed by atoms with Crippen molar-refractivity contribution in [1.82, 2.24) is 0 Å². The Hall–Kier alpha value is -1.22. The van der Waals surface area contributed by atoms with Gasteiger partial charge in [-0.05, 0) is 59.6 Å². The molecule has 3 nitrogen and oxygen atoms in total. The van der Waals surface area contributed by atoms with E-state index in [-0.39, 0.29) is 10.8 Å². The van der Waals surface area contributed by atoms with Crippen LogP contribution in [-0.4, -0.2) is 20.8 Å². The van der Waals surface area contributed by atoms with Crippen molar-refractivity contribution in [3.8, 4) is 5.75 Å². The third-order valence-corrected chi connectivity index (χ3v) is 6.32. The summed E-state index contributed by atoms with van der Waals surface area (Å²) in [5.41, 5.74) is 10.4. The number of benzene rings is 1. The van der Waals surface area contributed by atoms with Crippen LogP contribution in [0.4, 0.5) is 5.69 Å². The highest BCUT2D eigenvalue weighted by Gasteiger charge is 2.52. The summed E-state index contributed by atoms with van der Waals surface area (Å²) >= 11 is 0. The minimum Gasteiger partial charge on any atom is -0.497 e. The SMILES string of the molecule is COC[C@@]1(C)CCC[C@]2(C)c3cc(OC)cc(N)c3CCC12. The Morgan fingerprint density at radius 3 is 2.68 bits per heavy atom. The van der Waals surface area contributed by atoms with Crippen LogP contribution in [0.2, 0.25) is 0 Å². The lowest BCUT2D eigenvalue weighted by Gasteiger charge is -2.55. The molecule has 2 aliphatic carbocycles. The number of nitrogens with two attached hydrogens (primary N) is 1. The van der Waals surface area contributed by atoms with Crippen molar-refractivity contribution in [1.29, 1.82) is 0 Å². The van der Waals surface area contributed by atoms with Crippen LogP contribution in [0.1, 0.15) is 50.7 Å². The monoisotopic (exact) mass is 303 g/mol. The lowest BCUT2D eigenvalue weighted by Crippen LogP contribution is -2.50. The lowest BCUT2D eigenvalue weighted by molar-refractivity contribution is -0.0324. The quantitative estimate of drug-likeness (QED) is 0.860. The maximum atomic E-state index is 6.32. The van der Waals surface area contributed by atoms with Gasteiger partial charge in [0.05, 0.1) is 13.7 Å². The van der Waals surface area contributed by atoms with Crippen molar-refractivity contribution in [2.45, 2.75) is 51.4 Å². The van der Waals surface area contributed by atoms with E-state index in [9.17, 15) is 0 Å². The number of nitrogen functional groups attached to an aromatic ring is 1. The number of hydrogen-bond acceptors (Lipinski definition) is 3. The summed E-state index contributed by atoms with van der Waals surface area (Å²) < 4.78 is 11.1. The first-order chi connectivity index (χ1) is 10.4. The van der Waals surface area contributed by atoms with Gasteiger partial charge < -0.3 is 15.2 Å². The van der Waals surface area contributed by atoms with Gasteiger partial charge in [-0.2, -0.15) is 0 Å². The van der Waals surface area contributed by atoms with Gasteiger partial charge >= 0.3 is 0 Å². The van der Waals surface area contributed by atoms with Gasteiger partial charge in [0.2, 0.25) is 0 Å². The molecule has 0 radical (unpaired) electrons. The van der Waals surface area contributed by atoms with Crippen LogP contribution in [0.25, 0.3) is 0 Å². The Morgan fingerprint density at radius 2 is 2.00 bits per heavy atom. The minimum atomic E-state index is 0.182. The largest absolute Gasteiger partial charge is 0.497 e. The molecule has 0 amide bonds. The summed E-state index contributed by atoms with van der Waals surface area (Å²) in [5.74, 6) is 1.53. The second-order valence-corrected chi connectivity index (χ2v) is 7.69. The van der Waals surface area contributed by atoms with Crippen LogP contribution in [0.5, 0.6) is 5.75 Å². The van der Waals surface area contributed by atoms with Gasteiger partial charge in [-0.1, -0.05) is 20.3 Å². The van der Waals surface area contributed by atoms with Gasteiger partial charge in [-0.3, -0.25) is 0 Å². The van der Waals surface area contributed by atoms with E-state index in [1.807, 2.05) is 13.2 Å². The fraction of sp³-hybridized carbons (Fsp3) is 0.684. The molecule has 3 atom stereocenters. The number of fused-ring (bicyclic) bond motifs is 3. The molecular formula is C19H29NO2. The molecule has 0 saturated heterocycles. The molecule has 0 aromatic heterocycles. The molecule has 22 heavy (non-hydrogen) atoms. The third kappa shape index (κ3) is 2.21. The highest BCUT2D eigenvalue weighted by atomic mass is 16.5. The molecule has 3 heteroatoms. The van der Waals surface area contributed by atoms with E-state index in [0.717, 1.165) is 24.5 Å². The molecule has 1 fully saturated rings. The first-order valence-corrected chi connectivity index (χ1v) is 8.40. The van der Waals surface area contributed by atoms with E-state index < -0.39 is 0 Å². The summed E-state index contributed by atoms with van der Waals surface area (Å²) in [6, 6.07) is 4.20. The van der Waals surface area contributed by atoms with Crippen LogP contribution < -0.4 is 10.5 Å². The van der Waals surface area contributed by atoms with Crippen molar-refractivity contribution < 1.29 is 9.47 Å². The lowest BCUT2D eigenvalue weighted by atomic mass is 9.50. The first kappa shape index (κ1) is 15.7. The number of anilines is 1. The highest BCUT2D eigenvalue weighted by Crippen LogP contribution is 2.58. The van der Waals surface area contributed by atoms with Gasteiger partial charge in [0.1, 0.15) is 5.75 Å². The van der Waals surface area contributed by atoms with Crippen LogP contribution >= 0.6 is 0 Å². The maximum Gasteiger partial charge on any atom is 0.121 e. The molecule has 0 aliphatic heterocycles. The summed E-state index contributed by atoms with van der Waals surface area (Å²) in [6.45, 7) is 5.69. The Balaban J connectivity index is 2.10. The molecule has 1 aromatic rings. The van der Waals surface area contributed by atoms with E-state index in [1.165, 1.54) is 36.8 Å². The van der Waals surface area contributed by atoms with Gasteiger partial charge in [0.15, 0.2) is 0 Å². The average Bonchev–Trinajstić information content (AvgIpc) is 2.47. The summed E-state index contributed by atoms with van der Waals surface area (Å²) in [5, 5.41) is 0. The number of methoxy groups -OCH3 is 2. The van der Waals surface area contributed by atoms with Crippen molar-refractivity contribution in [3.63, 3.8) is 0 Å². The Morgan fingerprint density at radius 1 is 1.23 bits per heavy atom. The standard InChI is InChI=1S/C19H29NO2/c1-18(12-21-3)8-5-9-19(2)15-10-13(22-4)11-16(20)14(15)6-7-17(18)19/h10-11,17H,5-9,12,20H2,1-4H3/t17?,18-,19-/m1/s1. The predicted molar refractivity (Wildman–Crippen MR) is 90.4 cm³/mol. The third-order valence-electron chi connectivity index (χ3n) is 6.32. The number of hydrogen-bond donors (Lipinski definition) is 1. The van der Waals surface area contributed by atoms with Gasteiger partial charge in [0.25, 0.3) is 0 Å².